The van der Waals surface area contributed by atoms with Gasteiger partial charge in [0.2, 0.25) is 0 Å². The van der Waals surface area contributed by atoms with Crippen molar-refractivity contribution in [2.24, 2.45) is 11.1 Å². The molecule has 0 aromatic heterocycles. The SMILES string of the molecule is CSCC1(C(C)N)CC1. The molecule has 1 atom stereocenters. The molecule has 0 aromatic carbocycles. The third-order valence-corrected chi connectivity index (χ3v) is 3.15. The highest BCUT2D eigenvalue weighted by atomic mass is 32.2. The van der Waals surface area contributed by atoms with Gasteiger partial charge < -0.3 is 5.73 Å². The largest absolute Gasteiger partial charge is 0.327 e. The Morgan fingerprint density at radius 2 is 2.22 bits per heavy atom. The topological polar surface area (TPSA) is 26.0 Å². The Morgan fingerprint density at radius 3 is 2.33 bits per heavy atom. The lowest BCUT2D eigenvalue weighted by Gasteiger charge is -2.17. The van der Waals surface area contributed by atoms with Crippen LogP contribution in [0.2, 0.25) is 0 Å². The molecule has 0 aliphatic heterocycles. The fraction of sp³-hybridized carbons (Fsp3) is 1.00. The maximum Gasteiger partial charge on any atom is 0.00749 e. The molecule has 1 aliphatic rings. The van der Waals surface area contributed by atoms with E-state index in [1.807, 2.05) is 11.8 Å². The quantitative estimate of drug-likeness (QED) is 0.651. The Labute approximate surface area is 61.4 Å². The van der Waals surface area contributed by atoms with Crippen LogP contribution in [0.5, 0.6) is 0 Å². The fourth-order valence-corrected chi connectivity index (χ4v) is 2.31. The first kappa shape index (κ1) is 7.42. The smallest absolute Gasteiger partial charge is 0.00749 e. The monoisotopic (exact) mass is 145 g/mol. The van der Waals surface area contributed by atoms with Crippen molar-refractivity contribution in [3.8, 4) is 0 Å². The van der Waals surface area contributed by atoms with E-state index in [0.717, 1.165) is 0 Å². The second-order valence-corrected chi connectivity index (χ2v) is 3.95. The van der Waals surface area contributed by atoms with Gasteiger partial charge in [-0.15, -0.1) is 0 Å². The first-order valence-corrected chi connectivity index (χ1v) is 4.85. The van der Waals surface area contributed by atoms with Gasteiger partial charge in [0.25, 0.3) is 0 Å². The predicted molar refractivity (Wildman–Crippen MR) is 43.7 cm³/mol. The predicted octanol–water partition coefficient (Wildman–Crippen LogP) is 1.48. The van der Waals surface area contributed by atoms with E-state index >= 15 is 0 Å². The number of nitrogens with two attached hydrogens (primary N) is 1. The lowest BCUT2D eigenvalue weighted by atomic mass is 10.0. The molecule has 0 radical (unpaired) electrons. The van der Waals surface area contributed by atoms with Crippen LogP contribution in [0.1, 0.15) is 19.8 Å². The van der Waals surface area contributed by atoms with Gasteiger partial charge in [-0.25, -0.2) is 0 Å². The summed E-state index contributed by atoms with van der Waals surface area (Å²) in [4.78, 5) is 0. The maximum absolute atomic E-state index is 5.81. The molecular weight excluding hydrogens is 130 g/mol. The minimum atomic E-state index is 0.407. The highest BCUT2D eigenvalue weighted by Crippen LogP contribution is 2.49. The van der Waals surface area contributed by atoms with E-state index in [4.69, 9.17) is 5.73 Å². The van der Waals surface area contributed by atoms with Crippen LogP contribution in [0, 0.1) is 5.41 Å². The van der Waals surface area contributed by atoms with Gasteiger partial charge in [-0.2, -0.15) is 11.8 Å². The molecule has 1 saturated carbocycles. The van der Waals surface area contributed by atoms with Crippen molar-refractivity contribution >= 4 is 11.8 Å². The fourth-order valence-electron chi connectivity index (χ4n) is 1.18. The first-order chi connectivity index (χ1) is 4.21. The van der Waals surface area contributed by atoms with Crippen molar-refractivity contribution < 1.29 is 0 Å². The summed E-state index contributed by atoms with van der Waals surface area (Å²) in [6.07, 6.45) is 4.86. The second kappa shape index (κ2) is 2.51. The summed E-state index contributed by atoms with van der Waals surface area (Å²) in [6, 6.07) is 0.407. The number of hydrogen-bond donors (Lipinski definition) is 1. The first-order valence-electron chi connectivity index (χ1n) is 3.46. The molecule has 0 saturated heterocycles. The van der Waals surface area contributed by atoms with E-state index in [9.17, 15) is 0 Å². The Kier molecular flexibility index (Phi) is 2.07. The molecule has 9 heavy (non-hydrogen) atoms. The van der Waals surface area contributed by atoms with Gasteiger partial charge in [0.1, 0.15) is 0 Å². The van der Waals surface area contributed by atoms with Gasteiger partial charge in [0, 0.05) is 11.8 Å². The number of hydrogen-bond acceptors (Lipinski definition) is 2. The van der Waals surface area contributed by atoms with Crippen molar-refractivity contribution in [1.82, 2.24) is 0 Å². The molecule has 1 rings (SSSR count). The zero-order valence-corrected chi connectivity index (χ0v) is 7.00. The van der Waals surface area contributed by atoms with Crippen LogP contribution < -0.4 is 5.73 Å². The minimum absolute atomic E-state index is 0.407. The van der Waals surface area contributed by atoms with Crippen molar-refractivity contribution in [2.45, 2.75) is 25.8 Å². The van der Waals surface area contributed by atoms with Gasteiger partial charge in [0.15, 0.2) is 0 Å². The summed E-state index contributed by atoms with van der Waals surface area (Å²) in [5.74, 6) is 1.25. The van der Waals surface area contributed by atoms with Crippen LogP contribution >= 0.6 is 11.8 Å². The maximum atomic E-state index is 5.81. The van der Waals surface area contributed by atoms with Crippen LogP contribution in [0.4, 0.5) is 0 Å². The standard InChI is InChI=1S/C7H15NS/c1-6(8)7(3-4-7)5-9-2/h6H,3-5,8H2,1-2H3. The third kappa shape index (κ3) is 1.41. The van der Waals surface area contributed by atoms with Gasteiger partial charge in [0.05, 0.1) is 0 Å². The highest BCUT2D eigenvalue weighted by Gasteiger charge is 2.44. The van der Waals surface area contributed by atoms with Crippen LogP contribution in [0.25, 0.3) is 0 Å². The lowest BCUT2D eigenvalue weighted by molar-refractivity contribution is 0.475. The molecule has 1 nitrogen and oxygen atoms in total. The van der Waals surface area contributed by atoms with Gasteiger partial charge in [-0.05, 0) is 31.4 Å². The molecule has 54 valence electrons. The van der Waals surface area contributed by atoms with Crippen LogP contribution in [-0.2, 0) is 0 Å². The average molecular weight is 145 g/mol. The Balaban J connectivity index is 2.33. The summed E-state index contributed by atoms with van der Waals surface area (Å²) in [6.45, 7) is 2.13. The summed E-state index contributed by atoms with van der Waals surface area (Å²) in [5.41, 5.74) is 6.35. The minimum Gasteiger partial charge on any atom is -0.327 e. The van der Waals surface area contributed by atoms with Crippen LogP contribution in [0.15, 0.2) is 0 Å². The zero-order valence-electron chi connectivity index (χ0n) is 6.18. The van der Waals surface area contributed by atoms with E-state index in [0.29, 0.717) is 11.5 Å². The molecule has 1 aliphatic carbocycles. The lowest BCUT2D eigenvalue weighted by Crippen LogP contribution is -2.29. The Bertz CT molecular complexity index is 97.1. The van der Waals surface area contributed by atoms with Crippen molar-refractivity contribution in [3.63, 3.8) is 0 Å². The molecule has 0 aromatic rings. The molecule has 1 unspecified atom stereocenters. The Morgan fingerprint density at radius 1 is 1.67 bits per heavy atom. The summed E-state index contributed by atoms with van der Waals surface area (Å²) in [7, 11) is 0. The summed E-state index contributed by atoms with van der Waals surface area (Å²) >= 11 is 1.92. The van der Waals surface area contributed by atoms with Crippen molar-refractivity contribution in [3.05, 3.63) is 0 Å². The molecule has 2 heteroatoms. The number of thioether (sulfide) groups is 1. The summed E-state index contributed by atoms with van der Waals surface area (Å²) < 4.78 is 0. The normalized spacial score (nSPS) is 25.7. The second-order valence-electron chi connectivity index (χ2n) is 3.08. The third-order valence-electron chi connectivity index (χ3n) is 2.29. The molecule has 1 fully saturated rings. The van der Waals surface area contributed by atoms with E-state index in [-0.39, 0.29) is 0 Å². The Hall–Kier alpha value is 0.310. The van der Waals surface area contributed by atoms with Crippen molar-refractivity contribution in [1.29, 1.82) is 0 Å². The van der Waals surface area contributed by atoms with E-state index in [2.05, 4.69) is 13.2 Å². The zero-order chi connectivity index (χ0) is 6.91. The van der Waals surface area contributed by atoms with E-state index < -0.39 is 0 Å². The molecule has 0 bridgehead atoms. The van der Waals surface area contributed by atoms with Gasteiger partial charge in [-0.3, -0.25) is 0 Å². The molecule has 0 heterocycles. The molecule has 2 N–H and O–H groups in total. The van der Waals surface area contributed by atoms with Crippen LogP contribution in [-0.4, -0.2) is 18.1 Å². The molecule has 0 spiro atoms. The van der Waals surface area contributed by atoms with Gasteiger partial charge in [-0.1, -0.05) is 0 Å². The highest BCUT2D eigenvalue weighted by molar-refractivity contribution is 7.98. The van der Waals surface area contributed by atoms with E-state index in [1.54, 1.807) is 0 Å². The average Bonchev–Trinajstić information content (AvgIpc) is 2.49. The molecular formula is C7H15NS. The summed E-state index contributed by atoms with van der Waals surface area (Å²) in [5, 5.41) is 0. The van der Waals surface area contributed by atoms with Crippen LogP contribution in [0.3, 0.4) is 0 Å². The van der Waals surface area contributed by atoms with E-state index in [1.165, 1.54) is 18.6 Å². The van der Waals surface area contributed by atoms with Gasteiger partial charge >= 0.3 is 0 Å². The number of rotatable bonds is 3. The molecule has 0 amide bonds. The van der Waals surface area contributed by atoms with Crippen molar-refractivity contribution in [2.75, 3.05) is 12.0 Å².